The second kappa shape index (κ2) is 6.67. The quantitative estimate of drug-likeness (QED) is 0.834. The molecule has 0 bridgehead atoms. The number of nitrogens with one attached hydrogen (secondary N) is 1. The van der Waals surface area contributed by atoms with Crippen molar-refractivity contribution in [2.75, 3.05) is 6.54 Å². The third-order valence-electron chi connectivity index (χ3n) is 3.53. The molecular weight excluding hydrogens is 249 g/mol. The fourth-order valence-corrected chi connectivity index (χ4v) is 2.39. The Morgan fingerprint density at radius 2 is 1.60 bits per heavy atom. The van der Waals surface area contributed by atoms with Crippen molar-refractivity contribution in [1.82, 2.24) is 5.32 Å². The van der Waals surface area contributed by atoms with Gasteiger partial charge in [0, 0.05) is 0 Å². The lowest BCUT2D eigenvalue weighted by Crippen LogP contribution is -2.22. The summed E-state index contributed by atoms with van der Waals surface area (Å²) < 4.78 is 13.4. The van der Waals surface area contributed by atoms with Crippen LogP contribution in [-0.4, -0.2) is 6.54 Å². The van der Waals surface area contributed by atoms with Gasteiger partial charge in [0.2, 0.25) is 0 Å². The molecule has 1 nitrogen and oxygen atoms in total. The number of hydrogen-bond acceptors (Lipinski definition) is 1. The molecule has 0 radical (unpaired) electrons. The van der Waals surface area contributed by atoms with E-state index in [1.54, 1.807) is 12.1 Å². The maximum absolute atomic E-state index is 13.4. The van der Waals surface area contributed by atoms with Crippen LogP contribution in [0.3, 0.4) is 0 Å². The van der Waals surface area contributed by atoms with Gasteiger partial charge in [0.25, 0.3) is 0 Å². The van der Waals surface area contributed by atoms with Gasteiger partial charge in [0.1, 0.15) is 5.82 Å². The van der Waals surface area contributed by atoms with Crippen LogP contribution in [0.15, 0.2) is 48.5 Å². The summed E-state index contributed by atoms with van der Waals surface area (Å²) in [6, 6.07) is 15.4. The van der Waals surface area contributed by atoms with E-state index in [2.05, 4.69) is 50.4 Å². The van der Waals surface area contributed by atoms with Crippen LogP contribution in [0.25, 0.3) is 0 Å². The number of hydrogen-bond donors (Lipinski definition) is 1. The topological polar surface area (TPSA) is 12.0 Å². The SMILES string of the molecule is CCNC(c1ccc(C(C)C)cc1)c1cccc(F)c1. The van der Waals surface area contributed by atoms with E-state index in [1.165, 1.54) is 17.2 Å². The molecule has 2 aromatic rings. The van der Waals surface area contributed by atoms with Gasteiger partial charge in [0.15, 0.2) is 0 Å². The Balaban J connectivity index is 2.33. The average Bonchev–Trinajstić information content (AvgIpc) is 2.45. The summed E-state index contributed by atoms with van der Waals surface area (Å²) in [7, 11) is 0. The summed E-state index contributed by atoms with van der Waals surface area (Å²) in [6.07, 6.45) is 0. The number of benzene rings is 2. The van der Waals surface area contributed by atoms with Crippen molar-refractivity contribution in [3.8, 4) is 0 Å². The molecule has 1 atom stereocenters. The van der Waals surface area contributed by atoms with Crippen molar-refractivity contribution < 1.29 is 4.39 Å². The Labute approximate surface area is 120 Å². The van der Waals surface area contributed by atoms with E-state index >= 15 is 0 Å². The average molecular weight is 271 g/mol. The minimum Gasteiger partial charge on any atom is -0.307 e. The van der Waals surface area contributed by atoms with E-state index in [1.807, 2.05) is 6.07 Å². The summed E-state index contributed by atoms with van der Waals surface area (Å²) in [5.41, 5.74) is 3.45. The maximum Gasteiger partial charge on any atom is 0.123 e. The van der Waals surface area contributed by atoms with E-state index in [0.29, 0.717) is 5.92 Å². The van der Waals surface area contributed by atoms with Crippen molar-refractivity contribution in [2.24, 2.45) is 0 Å². The zero-order valence-electron chi connectivity index (χ0n) is 12.4. The fraction of sp³-hybridized carbons (Fsp3) is 0.333. The molecule has 0 heterocycles. The van der Waals surface area contributed by atoms with Crippen LogP contribution in [0.2, 0.25) is 0 Å². The first-order valence-electron chi connectivity index (χ1n) is 7.20. The molecule has 2 aromatic carbocycles. The molecule has 0 aliphatic rings. The Morgan fingerprint density at radius 3 is 2.15 bits per heavy atom. The van der Waals surface area contributed by atoms with Crippen molar-refractivity contribution in [3.05, 3.63) is 71.0 Å². The molecule has 0 spiro atoms. The summed E-state index contributed by atoms with van der Waals surface area (Å²) >= 11 is 0. The maximum atomic E-state index is 13.4. The highest BCUT2D eigenvalue weighted by Gasteiger charge is 2.13. The molecule has 1 unspecified atom stereocenters. The summed E-state index contributed by atoms with van der Waals surface area (Å²) in [5, 5.41) is 3.42. The van der Waals surface area contributed by atoms with Crippen LogP contribution in [-0.2, 0) is 0 Å². The molecule has 0 saturated heterocycles. The zero-order chi connectivity index (χ0) is 14.5. The van der Waals surface area contributed by atoms with E-state index < -0.39 is 0 Å². The molecule has 106 valence electrons. The monoisotopic (exact) mass is 271 g/mol. The van der Waals surface area contributed by atoms with Gasteiger partial charge in [0.05, 0.1) is 6.04 Å². The molecule has 0 amide bonds. The minimum atomic E-state index is -0.191. The molecule has 0 aliphatic carbocycles. The van der Waals surface area contributed by atoms with E-state index in [4.69, 9.17) is 0 Å². The van der Waals surface area contributed by atoms with E-state index in [0.717, 1.165) is 12.1 Å². The van der Waals surface area contributed by atoms with Crippen molar-refractivity contribution in [3.63, 3.8) is 0 Å². The Morgan fingerprint density at radius 1 is 0.950 bits per heavy atom. The smallest absolute Gasteiger partial charge is 0.123 e. The first-order chi connectivity index (χ1) is 9.61. The lowest BCUT2D eigenvalue weighted by Gasteiger charge is -2.20. The number of halogens is 1. The standard InChI is InChI=1S/C18H22FN/c1-4-20-18(16-6-5-7-17(19)12-16)15-10-8-14(9-11-15)13(2)3/h5-13,18,20H,4H2,1-3H3. The molecular formula is C18H22FN. The van der Waals surface area contributed by atoms with Gasteiger partial charge in [-0.25, -0.2) is 4.39 Å². The normalized spacial score (nSPS) is 12.7. The van der Waals surface area contributed by atoms with Crippen molar-refractivity contribution >= 4 is 0 Å². The van der Waals surface area contributed by atoms with Crippen LogP contribution in [0, 0.1) is 5.82 Å². The summed E-state index contributed by atoms with van der Waals surface area (Å²) in [6.45, 7) is 7.27. The summed E-state index contributed by atoms with van der Waals surface area (Å²) in [4.78, 5) is 0. The molecule has 0 fully saturated rings. The second-order valence-electron chi connectivity index (χ2n) is 5.37. The summed E-state index contributed by atoms with van der Waals surface area (Å²) in [5.74, 6) is 0.333. The van der Waals surface area contributed by atoms with Crippen LogP contribution in [0.1, 0.15) is 49.4 Å². The van der Waals surface area contributed by atoms with Crippen LogP contribution in [0.5, 0.6) is 0 Å². The Kier molecular flexibility index (Phi) is 4.91. The van der Waals surface area contributed by atoms with Crippen molar-refractivity contribution in [2.45, 2.75) is 32.7 Å². The highest BCUT2D eigenvalue weighted by Crippen LogP contribution is 2.24. The molecule has 2 rings (SSSR count). The lowest BCUT2D eigenvalue weighted by atomic mass is 9.95. The van der Waals surface area contributed by atoms with Gasteiger partial charge in [-0.15, -0.1) is 0 Å². The highest BCUT2D eigenvalue weighted by atomic mass is 19.1. The van der Waals surface area contributed by atoms with E-state index in [-0.39, 0.29) is 11.9 Å². The van der Waals surface area contributed by atoms with Crippen LogP contribution >= 0.6 is 0 Å². The van der Waals surface area contributed by atoms with Crippen molar-refractivity contribution in [1.29, 1.82) is 0 Å². The first kappa shape index (κ1) is 14.7. The van der Waals surface area contributed by atoms with Crippen LogP contribution in [0.4, 0.5) is 4.39 Å². The van der Waals surface area contributed by atoms with Gasteiger partial charge >= 0.3 is 0 Å². The van der Waals surface area contributed by atoms with Gasteiger partial charge in [-0.1, -0.05) is 57.2 Å². The molecule has 2 heteroatoms. The fourth-order valence-electron chi connectivity index (χ4n) is 2.39. The van der Waals surface area contributed by atoms with Gasteiger partial charge in [-0.2, -0.15) is 0 Å². The largest absolute Gasteiger partial charge is 0.307 e. The Bertz CT molecular complexity index is 546. The molecule has 20 heavy (non-hydrogen) atoms. The molecule has 1 N–H and O–H groups in total. The predicted octanol–water partition coefficient (Wildman–Crippen LogP) is 4.65. The zero-order valence-corrected chi connectivity index (χ0v) is 12.4. The van der Waals surface area contributed by atoms with Gasteiger partial charge in [-0.3, -0.25) is 0 Å². The second-order valence-corrected chi connectivity index (χ2v) is 5.37. The van der Waals surface area contributed by atoms with E-state index in [9.17, 15) is 4.39 Å². The van der Waals surface area contributed by atoms with Gasteiger partial charge < -0.3 is 5.32 Å². The lowest BCUT2D eigenvalue weighted by molar-refractivity contribution is 0.603. The molecule has 0 aromatic heterocycles. The Hall–Kier alpha value is -1.67. The third kappa shape index (κ3) is 3.45. The molecule has 0 saturated carbocycles. The molecule has 0 aliphatic heterocycles. The van der Waals surface area contributed by atoms with Crippen LogP contribution < -0.4 is 5.32 Å². The third-order valence-corrected chi connectivity index (χ3v) is 3.53. The number of rotatable bonds is 5. The minimum absolute atomic E-state index is 0.0388. The highest BCUT2D eigenvalue weighted by molar-refractivity contribution is 5.34. The first-order valence-corrected chi connectivity index (χ1v) is 7.20. The van der Waals surface area contributed by atoms with Gasteiger partial charge in [-0.05, 0) is 41.3 Å². The predicted molar refractivity (Wildman–Crippen MR) is 82.5 cm³/mol.